The Labute approximate surface area is 133 Å². The van der Waals surface area contributed by atoms with Crippen molar-refractivity contribution in [2.75, 3.05) is 6.54 Å². The molecule has 2 N–H and O–H groups in total. The maximum absolute atomic E-state index is 11.6. The molecule has 0 spiro atoms. The highest BCUT2D eigenvalue weighted by molar-refractivity contribution is 6.35. The van der Waals surface area contributed by atoms with E-state index in [9.17, 15) is 9.59 Å². The summed E-state index contributed by atoms with van der Waals surface area (Å²) in [5, 5.41) is 5.80. The summed E-state index contributed by atoms with van der Waals surface area (Å²) in [4.78, 5) is 27.2. The molecule has 2 aromatic rings. The van der Waals surface area contributed by atoms with E-state index < -0.39 is 11.8 Å². The molecular weight excluding hydrogens is 302 g/mol. The van der Waals surface area contributed by atoms with E-state index in [2.05, 4.69) is 15.6 Å². The summed E-state index contributed by atoms with van der Waals surface area (Å²) in [6.45, 7) is 0.665. The lowest BCUT2D eigenvalue weighted by molar-refractivity contribution is -0.139. The summed E-state index contributed by atoms with van der Waals surface area (Å²) in [7, 11) is 0. The van der Waals surface area contributed by atoms with Gasteiger partial charge in [0.1, 0.15) is 0 Å². The normalized spacial score (nSPS) is 10.0. The zero-order chi connectivity index (χ0) is 15.8. The molecule has 6 heteroatoms. The van der Waals surface area contributed by atoms with Gasteiger partial charge in [-0.1, -0.05) is 29.8 Å². The van der Waals surface area contributed by atoms with Crippen LogP contribution >= 0.6 is 11.6 Å². The molecule has 5 nitrogen and oxygen atoms in total. The van der Waals surface area contributed by atoms with Crippen LogP contribution in [0.4, 0.5) is 0 Å². The second kappa shape index (κ2) is 8.14. The number of rotatable bonds is 5. The van der Waals surface area contributed by atoms with Gasteiger partial charge < -0.3 is 10.6 Å². The maximum atomic E-state index is 11.6. The second-order valence-corrected chi connectivity index (χ2v) is 5.11. The quantitative estimate of drug-likeness (QED) is 0.825. The Morgan fingerprint density at radius 2 is 1.73 bits per heavy atom. The minimum atomic E-state index is -0.653. The molecule has 2 amide bonds. The Morgan fingerprint density at radius 1 is 1.00 bits per heavy atom. The molecule has 0 aliphatic rings. The van der Waals surface area contributed by atoms with Crippen LogP contribution in [0.2, 0.25) is 5.02 Å². The lowest BCUT2D eigenvalue weighted by Gasteiger charge is -2.06. The molecule has 2 rings (SSSR count). The molecule has 0 atom stereocenters. The van der Waals surface area contributed by atoms with Crippen LogP contribution in [0.5, 0.6) is 0 Å². The molecule has 0 aliphatic heterocycles. The Balaban J connectivity index is 1.70. The Morgan fingerprint density at radius 3 is 2.41 bits per heavy atom. The number of nitrogens with one attached hydrogen (secondary N) is 2. The van der Waals surface area contributed by atoms with Gasteiger partial charge in [0.15, 0.2) is 0 Å². The molecule has 1 aromatic carbocycles. The van der Waals surface area contributed by atoms with Crippen LogP contribution in [0.15, 0.2) is 48.8 Å². The van der Waals surface area contributed by atoms with Crippen molar-refractivity contribution >= 4 is 23.4 Å². The largest absolute Gasteiger partial charge is 0.348 e. The van der Waals surface area contributed by atoms with E-state index in [1.54, 1.807) is 30.6 Å². The number of aromatic nitrogens is 1. The third-order valence-corrected chi connectivity index (χ3v) is 3.25. The number of nitrogens with zero attached hydrogens (tertiary/aromatic N) is 1. The minimum absolute atomic E-state index is 0.275. The van der Waals surface area contributed by atoms with E-state index in [0.29, 0.717) is 18.0 Å². The number of pyridine rings is 1. The Bertz CT molecular complexity index is 630. The molecule has 0 saturated heterocycles. The summed E-state index contributed by atoms with van der Waals surface area (Å²) in [5.74, 6) is -1.29. The van der Waals surface area contributed by atoms with E-state index in [-0.39, 0.29) is 6.54 Å². The van der Waals surface area contributed by atoms with Gasteiger partial charge in [-0.2, -0.15) is 0 Å². The molecule has 1 aromatic heterocycles. The maximum Gasteiger partial charge on any atom is 0.309 e. The van der Waals surface area contributed by atoms with E-state index in [0.717, 1.165) is 11.1 Å². The monoisotopic (exact) mass is 317 g/mol. The average molecular weight is 318 g/mol. The van der Waals surface area contributed by atoms with Gasteiger partial charge in [0.2, 0.25) is 0 Å². The van der Waals surface area contributed by atoms with Crippen LogP contribution in [0.3, 0.4) is 0 Å². The Hall–Kier alpha value is -2.40. The van der Waals surface area contributed by atoms with Crippen LogP contribution in [0, 0.1) is 0 Å². The van der Waals surface area contributed by atoms with E-state index in [1.807, 2.05) is 18.2 Å². The van der Waals surface area contributed by atoms with Gasteiger partial charge in [0.05, 0.1) is 0 Å². The van der Waals surface area contributed by atoms with E-state index in [4.69, 9.17) is 11.6 Å². The number of hydrogen-bond donors (Lipinski definition) is 2. The van der Waals surface area contributed by atoms with E-state index in [1.165, 1.54) is 0 Å². The van der Waals surface area contributed by atoms with E-state index >= 15 is 0 Å². The first-order valence-corrected chi connectivity index (χ1v) is 7.22. The fourth-order valence-corrected chi connectivity index (χ4v) is 1.94. The summed E-state index contributed by atoms with van der Waals surface area (Å²) in [6, 6.07) is 11.0. The van der Waals surface area contributed by atoms with Crippen molar-refractivity contribution < 1.29 is 9.59 Å². The zero-order valence-electron chi connectivity index (χ0n) is 11.9. The fraction of sp³-hybridized carbons (Fsp3) is 0.188. The summed E-state index contributed by atoms with van der Waals surface area (Å²) < 4.78 is 0. The summed E-state index contributed by atoms with van der Waals surface area (Å²) in [5.41, 5.74) is 1.88. The van der Waals surface area contributed by atoms with Crippen molar-refractivity contribution in [2.45, 2.75) is 13.0 Å². The van der Waals surface area contributed by atoms with Gasteiger partial charge >= 0.3 is 11.8 Å². The highest BCUT2D eigenvalue weighted by Gasteiger charge is 2.12. The second-order valence-electron chi connectivity index (χ2n) is 4.68. The molecule has 0 unspecified atom stereocenters. The first-order valence-electron chi connectivity index (χ1n) is 6.84. The standard InChI is InChI=1S/C16H16ClN3O2/c17-14-5-3-12(4-6-14)7-9-19-15(21)16(22)20-11-13-2-1-8-18-10-13/h1-6,8,10H,7,9,11H2,(H,19,21)(H,20,22). The molecule has 0 radical (unpaired) electrons. The van der Waals surface area contributed by atoms with Gasteiger partial charge in [0, 0.05) is 30.5 Å². The number of amides is 2. The highest BCUT2D eigenvalue weighted by atomic mass is 35.5. The molecule has 0 bridgehead atoms. The lowest BCUT2D eigenvalue weighted by atomic mass is 10.1. The highest BCUT2D eigenvalue weighted by Crippen LogP contribution is 2.09. The first kappa shape index (κ1) is 16.0. The Kier molecular flexibility index (Phi) is 5.91. The molecule has 0 fully saturated rings. The van der Waals surface area contributed by atoms with Crippen molar-refractivity contribution in [3.8, 4) is 0 Å². The van der Waals surface area contributed by atoms with Gasteiger partial charge in [-0.3, -0.25) is 14.6 Å². The molecule has 0 saturated carbocycles. The molecular formula is C16H16ClN3O2. The van der Waals surface area contributed by atoms with Gasteiger partial charge in [-0.05, 0) is 35.7 Å². The van der Waals surface area contributed by atoms with Crippen molar-refractivity contribution in [1.29, 1.82) is 0 Å². The predicted molar refractivity (Wildman–Crippen MR) is 84.2 cm³/mol. The number of hydrogen-bond acceptors (Lipinski definition) is 3. The fourth-order valence-electron chi connectivity index (χ4n) is 1.82. The molecule has 1 heterocycles. The number of benzene rings is 1. The van der Waals surface area contributed by atoms with Gasteiger partial charge in [-0.15, -0.1) is 0 Å². The third kappa shape index (κ3) is 5.18. The molecule has 22 heavy (non-hydrogen) atoms. The van der Waals surface area contributed by atoms with Crippen molar-refractivity contribution in [3.05, 3.63) is 64.9 Å². The van der Waals surface area contributed by atoms with Crippen molar-refractivity contribution in [2.24, 2.45) is 0 Å². The van der Waals surface area contributed by atoms with Crippen molar-refractivity contribution in [1.82, 2.24) is 15.6 Å². The van der Waals surface area contributed by atoms with Crippen molar-refractivity contribution in [3.63, 3.8) is 0 Å². The first-order chi connectivity index (χ1) is 10.6. The molecule has 114 valence electrons. The zero-order valence-corrected chi connectivity index (χ0v) is 12.6. The molecule has 0 aliphatic carbocycles. The SMILES string of the molecule is O=C(NCCc1ccc(Cl)cc1)C(=O)NCc1cccnc1. The third-order valence-electron chi connectivity index (χ3n) is 2.99. The smallest absolute Gasteiger partial charge is 0.309 e. The summed E-state index contributed by atoms with van der Waals surface area (Å²) in [6.07, 6.45) is 3.92. The van der Waals surface area contributed by atoms with Crippen LogP contribution in [0.1, 0.15) is 11.1 Å². The van der Waals surface area contributed by atoms with Gasteiger partial charge in [0.25, 0.3) is 0 Å². The number of halogens is 1. The van der Waals surface area contributed by atoms with Crippen LogP contribution in [-0.2, 0) is 22.6 Å². The minimum Gasteiger partial charge on any atom is -0.348 e. The van der Waals surface area contributed by atoms with Gasteiger partial charge in [-0.25, -0.2) is 0 Å². The van der Waals surface area contributed by atoms with Crippen LogP contribution in [0.25, 0.3) is 0 Å². The predicted octanol–water partition coefficient (Wildman–Crippen LogP) is 1.71. The van der Waals surface area contributed by atoms with Crippen LogP contribution in [-0.4, -0.2) is 23.3 Å². The average Bonchev–Trinajstić information content (AvgIpc) is 2.55. The number of carbonyl (C=O) groups is 2. The topological polar surface area (TPSA) is 71.1 Å². The number of carbonyl (C=O) groups excluding carboxylic acids is 2. The van der Waals surface area contributed by atoms with Crippen LogP contribution < -0.4 is 10.6 Å². The lowest BCUT2D eigenvalue weighted by Crippen LogP contribution is -2.40. The summed E-state index contributed by atoms with van der Waals surface area (Å²) >= 11 is 5.80.